The van der Waals surface area contributed by atoms with E-state index in [9.17, 15) is 0 Å². The lowest BCUT2D eigenvalue weighted by molar-refractivity contribution is 0.413. The Morgan fingerprint density at radius 3 is 2.67 bits per heavy atom. The van der Waals surface area contributed by atoms with E-state index in [-0.39, 0.29) is 0 Å². The molecule has 0 radical (unpaired) electrons. The van der Waals surface area contributed by atoms with Gasteiger partial charge in [0.25, 0.3) is 0 Å². The second-order valence-electron chi connectivity index (χ2n) is 4.03. The van der Waals surface area contributed by atoms with Gasteiger partial charge in [-0.05, 0) is 28.7 Å². The molecular formula is C13H15IN4. The lowest BCUT2D eigenvalue weighted by Gasteiger charge is -2.22. The zero-order valence-corrected chi connectivity index (χ0v) is 12.3. The summed E-state index contributed by atoms with van der Waals surface area (Å²) in [6.07, 6.45) is 3.27. The van der Waals surface area contributed by atoms with Gasteiger partial charge >= 0.3 is 0 Å². The quantitative estimate of drug-likeness (QED) is 0.499. The first-order chi connectivity index (χ1) is 8.69. The highest BCUT2D eigenvalue weighted by Gasteiger charge is 2.26. The van der Waals surface area contributed by atoms with Crippen LogP contribution in [0.2, 0.25) is 0 Å². The molecule has 94 valence electrons. The number of para-hydroxylation sites is 1. The van der Waals surface area contributed by atoms with E-state index in [2.05, 4.69) is 46.5 Å². The average Bonchev–Trinajstić information content (AvgIpc) is 2.67. The topological polar surface area (TPSA) is 56.4 Å². The molecule has 2 rings (SSSR count). The molecule has 0 atom stereocenters. The minimum absolute atomic E-state index is 0.561. The summed E-state index contributed by atoms with van der Waals surface area (Å²) in [5.41, 5.74) is 3.99. The molecule has 3 N–H and O–H groups in total. The van der Waals surface area contributed by atoms with Crippen molar-refractivity contribution in [3.05, 3.63) is 51.4 Å². The largest absolute Gasteiger partial charge is 0.320 e. The van der Waals surface area contributed by atoms with Gasteiger partial charge in [0.1, 0.15) is 6.67 Å². The van der Waals surface area contributed by atoms with Crippen molar-refractivity contribution in [2.75, 3.05) is 11.6 Å². The number of anilines is 1. The van der Waals surface area contributed by atoms with E-state index in [4.69, 9.17) is 11.3 Å². The van der Waals surface area contributed by atoms with Gasteiger partial charge in [0.15, 0.2) is 0 Å². The number of nitrogens with zero attached hydrogens (tertiary/aromatic N) is 2. The van der Waals surface area contributed by atoms with Crippen LogP contribution >= 0.6 is 22.6 Å². The first-order valence-electron chi connectivity index (χ1n) is 5.56. The number of benzene rings is 1. The number of hydrogen-bond donors (Lipinski definition) is 2. The average molecular weight is 354 g/mol. The van der Waals surface area contributed by atoms with Crippen LogP contribution in [0.15, 0.2) is 45.8 Å². The molecule has 0 unspecified atom stereocenters. The monoisotopic (exact) mass is 354 g/mol. The van der Waals surface area contributed by atoms with Crippen LogP contribution in [0.4, 0.5) is 5.69 Å². The van der Waals surface area contributed by atoms with Crippen LogP contribution in [0.5, 0.6) is 0 Å². The van der Waals surface area contributed by atoms with Gasteiger partial charge in [0, 0.05) is 11.9 Å². The number of allylic oxidation sites excluding steroid dienone is 2. The van der Waals surface area contributed by atoms with Crippen LogP contribution in [0.3, 0.4) is 0 Å². The van der Waals surface area contributed by atoms with Crippen molar-refractivity contribution in [3.63, 3.8) is 0 Å². The smallest absolute Gasteiger partial charge is 0.110 e. The predicted octanol–water partition coefficient (Wildman–Crippen LogP) is 2.76. The number of aryl methyl sites for hydroxylation is 1. The third-order valence-electron chi connectivity index (χ3n) is 2.92. The highest BCUT2D eigenvalue weighted by Crippen LogP contribution is 2.30. The molecule has 0 amide bonds. The molecule has 0 aliphatic carbocycles. The molecule has 0 bridgehead atoms. The Kier molecular flexibility index (Phi) is 4.03. The van der Waals surface area contributed by atoms with Crippen molar-refractivity contribution < 1.29 is 0 Å². The van der Waals surface area contributed by atoms with Crippen LogP contribution in [-0.2, 0) is 0 Å². The van der Waals surface area contributed by atoms with Crippen molar-refractivity contribution in [2.45, 2.75) is 6.92 Å². The van der Waals surface area contributed by atoms with Gasteiger partial charge in [-0.2, -0.15) is 0 Å². The van der Waals surface area contributed by atoms with E-state index in [1.165, 1.54) is 11.8 Å². The molecular weight excluding hydrogens is 339 g/mol. The van der Waals surface area contributed by atoms with Crippen LogP contribution in [-0.4, -0.2) is 17.9 Å². The third kappa shape index (κ3) is 2.28. The summed E-state index contributed by atoms with van der Waals surface area (Å²) in [4.78, 5) is 2.12. The molecule has 1 aliphatic heterocycles. The van der Waals surface area contributed by atoms with Gasteiger partial charge in [0.2, 0.25) is 0 Å². The summed E-state index contributed by atoms with van der Waals surface area (Å²) in [7, 11) is 0. The number of halogens is 1. The molecule has 1 aromatic carbocycles. The summed E-state index contributed by atoms with van der Waals surface area (Å²) < 4.78 is 1.93. The van der Waals surface area contributed by atoms with Gasteiger partial charge < -0.3 is 10.3 Å². The zero-order chi connectivity index (χ0) is 13.1. The fourth-order valence-corrected chi connectivity index (χ4v) is 2.39. The Labute approximate surface area is 120 Å². The molecule has 0 spiro atoms. The number of hydrazine groups is 1. The Bertz CT molecular complexity index is 521. The molecule has 0 saturated carbocycles. The standard InChI is InChI=1S/C13H15IN4/c1-10-4-2-3-5-11(10)17-9-18(16)13(8-15)12(17)6-7-14/h2-8,15H,9,16H2,1H3/b7-6-,15-8?. The molecule has 1 aromatic rings. The van der Waals surface area contributed by atoms with Gasteiger partial charge in [-0.25, -0.2) is 5.84 Å². The molecule has 1 heterocycles. The fourth-order valence-electron chi connectivity index (χ4n) is 2.05. The highest BCUT2D eigenvalue weighted by molar-refractivity contribution is 14.1. The molecule has 5 heteroatoms. The van der Waals surface area contributed by atoms with E-state index in [1.807, 2.05) is 22.3 Å². The van der Waals surface area contributed by atoms with Gasteiger partial charge in [0.05, 0.1) is 11.4 Å². The minimum Gasteiger partial charge on any atom is -0.320 e. The summed E-state index contributed by atoms with van der Waals surface area (Å²) in [6.45, 7) is 2.63. The van der Waals surface area contributed by atoms with E-state index in [0.717, 1.165) is 17.1 Å². The van der Waals surface area contributed by atoms with Gasteiger partial charge in [-0.3, -0.25) is 5.01 Å². The van der Waals surface area contributed by atoms with E-state index in [0.29, 0.717) is 6.67 Å². The van der Waals surface area contributed by atoms with Gasteiger partial charge in [-0.1, -0.05) is 40.8 Å². The number of nitrogens with two attached hydrogens (primary N) is 1. The van der Waals surface area contributed by atoms with Crippen molar-refractivity contribution in [1.29, 1.82) is 5.41 Å². The Morgan fingerprint density at radius 2 is 2.06 bits per heavy atom. The van der Waals surface area contributed by atoms with E-state index in [1.54, 1.807) is 5.01 Å². The molecule has 4 nitrogen and oxygen atoms in total. The maximum absolute atomic E-state index is 7.48. The Morgan fingerprint density at radius 1 is 1.33 bits per heavy atom. The lowest BCUT2D eigenvalue weighted by atomic mass is 10.1. The first kappa shape index (κ1) is 13.1. The van der Waals surface area contributed by atoms with Gasteiger partial charge in [-0.15, -0.1) is 0 Å². The van der Waals surface area contributed by atoms with Crippen LogP contribution in [0, 0.1) is 12.3 Å². The first-order valence-corrected chi connectivity index (χ1v) is 6.80. The van der Waals surface area contributed by atoms with Crippen molar-refractivity contribution in [2.24, 2.45) is 5.84 Å². The summed E-state index contributed by atoms with van der Waals surface area (Å²) in [5.74, 6) is 5.93. The summed E-state index contributed by atoms with van der Waals surface area (Å²) >= 11 is 2.17. The zero-order valence-electron chi connectivity index (χ0n) is 10.1. The number of rotatable bonds is 3. The SMILES string of the molecule is Cc1ccccc1N1CN(N)C(C=N)=C1/C=C\I. The number of hydrogen-bond acceptors (Lipinski definition) is 4. The molecule has 0 aromatic heterocycles. The third-order valence-corrected chi connectivity index (χ3v) is 3.28. The summed E-state index contributed by atoms with van der Waals surface area (Å²) in [5, 5.41) is 9.07. The highest BCUT2D eigenvalue weighted by atomic mass is 127. The van der Waals surface area contributed by atoms with Crippen molar-refractivity contribution in [3.8, 4) is 0 Å². The second kappa shape index (κ2) is 5.53. The molecule has 0 saturated heterocycles. The lowest BCUT2D eigenvalue weighted by Crippen LogP contribution is -2.33. The van der Waals surface area contributed by atoms with Crippen LogP contribution in [0.1, 0.15) is 5.56 Å². The maximum Gasteiger partial charge on any atom is 0.110 e. The van der Waals surface area contributed by atoms with Crippen LogP contribution < -0.4 is 10.7 Å². The molecule has 0 fully saturated rings. The maximum atomic E-state index is 7.48. The van der Waals surface area contributed by atoms with Crippen LogP contribution in [0.25, 0.3) is 0 Å². The molecule has 18 heavy (non-hydrogen) atoms. The number of nitrogens with one attached hydrogen (secondary N) is 1. The van der Waals surface area contributed by atoms with E-state index < -0.39 is 0 Å². The van der Waals surface area contributed by atoms with Crippen molar-refractivity contribution >= 4 is 34.5 Å². The second-order valence-corrected chi connectivity index (χ2v) is 4.75. The van der Waals surface area contributed by atoms with E-state index >= 15 is 0 Å². The minimum atomic E-state index is 0.561. The Hall–Kier alpha value is -1.34. The summed E-state index contributed by atoms with van der Waals surface area (Å²) in [6, 6.07) is 8.17. The van der Waals surface area contributed by atoms with Crippen molar-refractivity contribution in [1.82, 2.24) is 5.01 Å². The molecule has 1 aliphatic rings. The fraction of sp³-hybridized carbons (Fsp3) is 0.154. The normalized spacial score (nSPS) is 15.9. The Balaban J connectivity index is 2.50. The predicted molar refractivity (Wildman–Crippen MR) is 83.5 cm³/mol.